The van der Waals surface area contributed by atoms with E-state index in [-0.39, 0.29) is 79.2 Å². The van der Waals surface area contributed by atoms with Gasteiger partial charge in [-0.15, -0.1) is 10.2 Å². The number of aromatic nitrogens is 3. The van der Waals surface area contributed by atoms with Crippen molar-refractivity contribution in [3.8, 4) is 5.75 Å². The molecule has 6 rings (SSSR count). The summed E-state index contributed by atoms with van der Waals surface area (Å²) < 4.78 is 163. The Balaban J connectivity index is 0.00000704. The molecule has 1 heterocycles. The van der Waals surface area contributed by atoms with Crippen molar-refractivity contribution in [2.24, 2.45) is 10.2 Å². The summed E-state index contributed by atoms with van der Waals surface area (Å²) in [5.41, 5.74) is -1.09. The first kappa shape index (κ1) is 47.5. The zero-order valence-electron chi connectivity index (χ0n) is 30.3. The molecule has 317 valence electrons. The Kier molecular flexibility index (Phi) is 13.8. The maximum absolute atomic E-state index is 12.5. The normalized spacial score (nSPS) is 12.7. The number of phenolic OH excluding ortho intramolecular Hbond substituents is 1. The third-order valence-corrected chi connectivity index (χ3v) is 13.0. The number of rotatable bonds is 14. The molecule has 0 spiro atoms. The van der Waals surface area contributed by atoms with E-state index in [2.05, 4.69) is 40.0 Å². The van der Waals surface area contributed by atoms with Crippen molar-refractivity contribution >= 4 is 148 Å². The van der Waals surface area contributed by atoms with Gasteiger partial charge < -0.3 is 15.7 Å². The largest absolute Gasteiger partial charge is 0.505 e. The van der Waals surface area contributed by atoms with Crippen molar-refractivity contribution in [3.63, 3.8) is 0 Å². The molecule has 0 atom stereocenters. The van der Waals surface area contributed by atoms with Crippen LogP contribution in [0.5, 0.6) is 5.75 Å². The number of phenols is 1. The van der Waals surface area contributed by atoms with Gasteiger partial charge in [0.15, 0.2) is 15.6 Å². The van der Waals surface area contributed by atoms with Crippen molar-refractivity contribution in [2.75, 3.05) is 23.0 Å². The Labute approximate surface area is 372 Å². The van der Waals surface area contributed by atoms with Crippen LogP contribution in [-0.2, 0) is 54.8 Å². The van der Waals surface area contributed by atoms with Crippen molar-refractivity contribution < 1.29 is 69.6 Å². The molecule has 1 aromatic heterocycles. The van der Waals surface area contributed by atoms with Gasteiger partial charge in [-0.25, -0.2) is 12.6 Å². The standard InChI is InChI=1S/C31H24ClN7O16S5.Na/c32-29-35-30(33-17-4-7-19(8-5-17)56(41,42)13-12-55-60(52,53)54)37-31(36-29)34-18-6-9-20-16(14-18)15-25(58(46,47)48)26(27(20)40)39-38-23-11-10-21-22(28(23)59(49,50)51)2-1-3-24(21)57(43,44)45;/h1-11,14-15,40H,12-13H2,(H,43,44,45)(H,46,47,48)(H,49,50,51)(H,52,53,54)(H2,33,34,35,36,37);. The number of anilines is 4. The van der Waals surface area contributed by atoms with Crippen LogP contribution >= 0.6 is 11.6 Å². The minimum atomic E-state index is -5.21. The van der Waals surface area contributed by atoms with Gasteiger partial charge in [-0.3, -0.25) is 18.2 Å². The summed E-state index contributed by atoms with van der Waals surface area (Å²) in [6.45, 7) is -0.823. The van der Waals surface area contributed by atoms with Crippen molar-refractivity contribution in [1.29, 1.82) is 0 Å². The molecule has 1 radical (unpaired) electrons. The summed E-state index contributed by atoms with van der Waals surface area (Å²) >= 11 is 6.09. The van der Waals surface area contributed by atoms with Crippen LogP contribution in [-0.4, -0.2) is 122 Å². The van der Waals surface area contributed by atoms with Crippen molar-refractivity contribution in [1.82, 2.24) is 15.0 Å². The summed E-state index contributed by atoms with van der Waals surface area (Å²) in [6, 6.07) is 14.9. The van der Waals surface area contributed by atoms with Crippen molar-refractivity contribution in [2.45, 2.75) is 19.6 Å². The minimum Gasteiger partial charge on any atom is -0.505 e. The van der Waals surface area contributed by atoms with Gasteiger partial charge in [0, 0.05) is 57.1 Å². The molecule has 0 aliphatic rings. The van der Waals surface area contributed by atoms with Crippen LogP contribution in [0.3, 0.4) is 0 Å². The van der Waals surface area contributed by atoms with Gasteiger partial charge in [0.05, 0.1) is 17.3 Å². The van der Waals surface area contributed by atoms with Crippen molar-refractivity contribution in [3.05, 3.63) is 84.1 Å². The number of fused-ring (bicyclic) bond motifs is 2. The molecule has 0 bridgehead atoms. The fraction of sp³-hybridized carbons (Fsp3) is 0.0645. The van der Waals surface area contributed by atoms with Gasteiger partial charge in [0.25, 0.3) is 30.4 Å². The van der Waals surface area contributed by atoms with Crippen LogP contribution in [0.1, 0.15) is 0 Å². The number of azo groups is 1. The SMILES string of the molecule is O=S(=O)(O)OCCS(=O)(=O)c1ccc(Nc2nc(Cl)nc(Nc3ccc4c(O)c(N=Nc5ccc6c(S(=O)(=O)O)cccc6c5S(=O)(=O)O)c(S(=O)(=O)O)cc4c3)n2)cc1.[Na]. The first-order chi connectivity index (χ1) is 27.8. The van der Waals surface area contributed by atoms with Gasteiger partial charge in [-0.05, 0) is 77.7 Å². The molecular formula is C31H24ClN7NaO16S5. The fourth-order valence-electron chi connectivity index (χ4n) is 5.52. The van der Waals surface area contributed by atoms with Gasteiger partial charge >= 0.3 is 10.4 Å². The maximum atomic E-state index is 12.5. The smallest absolute Gasteiger partial charge is 0.397 e. The third-order valence-electron chi connectivity index (χ3n) is 7.99. The van der Waals surface area contributed by atoms with Gasteiger partial charge in [-0.1, -0.05) is 18.2 Å². The first-order valence-corrected chi connectivity index (χ1v) is 23.6. The summed E-state index contributed by atoms with van der Waals surface area (Å²) in [6.07, 6.45) is 0. The van der Waals surface area contributed by atoms with E-state index in [1.165, 1.54) is 42.5 Å². The summed E-state index contributed by atoms with van der Waals surface area (Å²) in [5, 5.41) is 23.0. The molecule has 6 aromatic rings. The van der Waals surface area contributed by atoms with Crippen LogP contribution in [0.4, 0.5) is 34.6 Å². The van der Waals surface area contributed by atoms with E-state index in [0.717, 1.165) is 36.4 Å². The van der Waals surface area contributed by atoms with Crippen LogP contribution in [0.25, 0.3) is 21.5 Å². The number of hydrogen-bond donors (Lipinski definition) is 7. The molecular weight excluding hydrogens is 945 g/mol. The van der Waals surface area contributed by atoms with Crippen LogP contribution in [0, 0.1) is 0 Å². The molecule has 0 unspecified atom stereocenters. The average molecular weight is 969 g/mol. The number of sulfone groups is 1. The average Bonchev–Trinajstić information content (AvgIpc) is 3.12. The second-order valence-corrected chi connectivity index (χ2v) is 19.7. The van der Waals surface area contributed by atoms with Gasteiger partial charge in [0.2, 0.25) is 17.2 Å². The molecule has 0 saturated carbocycles. The molecule has 23 nitrogen and oxygen atoms in total. The van der Waals surface area contributed by atoms with E-state index < -0.39 is 100 Å². The van der Waals surface area contributed by atoms with E-state index in [4.69, 9.17) is 16.2 Å². The zero-order valence-corrected chi connectivity index (χ0v) is 37.1. The maximum Gasteiger partial charge on any atom is 0.397 e. The number of nitrogens with one attached hydrogen (secondary N) is 2. The predicted molar refractivity (Wildman–Crippen MR) is 216 cm³/mol. The van der Waals surface area contributed by atoms with E-state index in [1.54, 1.807) is 0 Å². The molecule has 30 heteroatoms. The van der Waals surface area contributed by atoms with E-state index >= 15 is 0 Å². The number of benzene rings is 5. The molecule has 0 saturated heterocycles. The molecule has 0 aliphatic carbocycles. The molecule has 0 aliphatic heterocycles. The number of aromatic hydroxyl groups is 1. The fourth-order valence-corrected chi connectivity index (χ4v) is 9.37. The second-order valence-electron chi connectivity index (χ2n) is 12.0. The Morgan fingerprint density at radius 1 is 0.639 bits per heavy atom. The van der Waals surface area contributed by atoms with E-state index in [1.807, 2.05) is 0 Å². The Hall–Kier alpha value is -4.53. The third kappa shape index (κ3) is 11.3. The monoisotopic (exact) mass is 968 g/mol. The minimum absolute atomic E-state index is 0. The van der Waals surface area contributed by atoms with Gasteiger partial charge in [0.1, 0.15) is 26.1 Å². The van der Waals surface area contributed by atoms with Crippen LogP contribution in [0.2, 0.25) is 5.28 Å². The number of hydrogen-bond acceptors (Lipinski definition) is 19. The zero-order chi connectivity index (χ0) is 44.0. The van der Waals surface area contributed by atoms with Crippen LogP contribution in [0.15, 0.2) is 109 Å². The Bertz CT molecular complexity index is 3350. The number of halogens is 1. The predicted octanol–water partition coefficient (Wildman–Crippen LogP) is 4.39. The molecule has 61 heavy (non-hydrogen) atoms. The Morgan fingerprint density at radius 2 is 1.23 bits per heavy atom. The molecule has 0 fully saturated rings. The van der Waals surface area contributed by atoms with Crippen LogP contribution < -0.4 is 10.6 Å². The van der Waals surface area contributed by atoms with Gasteiger partial charge in [-0.2, -0.15) is 48.6 Å². The quantitative estimate of drug-likeness (QED) is 0.0452. The second kappa shape index (κ2) is 17.7. The summed E-state index contributed by atoms with van der Waals surface area (Å²) in [5.74, 6) is -1.93. The summed E-state index contributed by atoms with van der Waals surface area (Å²) in [4.78, 5) is 9.21. The van der Waals surface area contributed by atoms with E-state index in [0.29, 0.717) is 0 Å². The molecule has 5 aromatic carbocycles. The topological polar surface area (TPSA) is 369 Å². The van der Waals surface area contributed by atoms with E-state index in [9.17, 15) is 60.9 Å². The first-order valence-electron chi connectivity index (χ1n) is 15.9. The molecule has 7 N–H and O–H groups in total. The summed E-state index contributed by atoms with van der Waals surface area (Å²) in [7, 11) is -24.1. The molecule has 0 amide bonds. The number of nitrogens with zero attached hydrogens (tertiary/aromatic N) is 5. The Morgan fingerprint density at radius 3 is 1.82 bits per heavy atom.